The molecule has 0 radical (unpaired) electrons. The molecule has 4 heteroatoms. The first-order chi connectivity index (χ1) is 12.2. The molecule has 132 valence electrons. The van der Waals surface area contributed by atoms with Crippen molar-refractivity contribution in [3.63, 3.8) is 0 Å². The fourth-order valence-corrected chi connectivity index (χ4v) is 4.59. The third-order valence-corrected chi connectivity index (χ3v) is 5.99. The van der Waals surface area contributed by atoms with E-state index in [4.69, 9.17) is 14.2 Å². The Hall–Kier alpha value is -1.52. The van der Waals surface area contributed by atoms with Gasteiger partial charge in [-0.05, 0) is 42.7 Å². The first-order valence-corrected chi connectivity index (χ1v) is 9.68. The van der Waals surface area contributed by atoms with Crippen LogP contribution in [0.4, 0.5) is 0 Å². The number of benzene rings is 2. The molecule has 0 saturated heterocycles. The van der Waals surface area contributed by atoms with Gasteiger partial charge in [-0.15, -0.1) is 0 Å². The van der Waals surface area contributed by atoms with Gasteiger partial charge >= 0.3 is 0 Å². The Balaban J connectivity index is 1.91. The minimum absolute atomic E-state index is 0.118. The Morgan fingerprint density at radius 3 is 2.20 bits per heavy atom. The van der Waals surface area contributed by atoms with Crippen molar-refractivity contribution >= 4 is 15.9 Å². The summed E-state index contributed by atoms with van der Waals surface area (Å²) < 4.78 is 19.2. The number of hydrogen-bond donors (Lipinski definition) is 0. The van der Waals surface area contributed by atoms with Gasteiger partial charge in [-0.25, -0.2) is 0 Å². The molecule has 2 aromatic carbocycles. The lowest BCUT2D eigenvalue weighted by Gasteiger charge is -2.42. The van der Waals surface area contributed by atoms with Crippen molar-refractivity contribution in [2.75, 3.05) is 14.2 Å². The molecule has 2 aromatic rings. The largest absolute Gasteiger partial charge is 0.496 e. The molecule has 0 bridgehead atoms. The van der Waals surface area contributed by atoms with Crippen molar-refractivity contribution in [3.8, 4) is 11.5 Å². The maximum Gasteiger partial charge on any atom is 0.125 e. The van der Waals surface area contributed by atoms with Gasteiger partial charge in [0.1, 0.15) is 17.6 Å². The molecule has 2 aliphatic rings. The summed E-state index contributed by atoms with van der Waals surface area (Å²) in [6.07, 6.45) is 4.86. The fraction of sp³-hybridized carbons (Fsp3) is 0.429. The van der Waals surface area contributed by atoms with E-state index in [0.717, 1.165) is 39.9 Å². The van der Waals surface area contributed by atoms with Gasteiger partial charge in [-0.1, -0.05) is 40.9 Å². The molecule has 0 N–H and O–H groups in total. The maximum atomic E-state index is 6.63. The third kappa shape index (κ3) is 2.96. The molecule has 0 amide bonds. The Morgan fingerprint density at radius 1 is 0.880 bits per heavy atom. The number of fused-ring (bicyclic) bond motifs is 3. The van der Waals surface area contributed by atoms with E-state index in [2.05, 4.69) is 40.2 Å². The van der Waals surface area contributed by atoms with Gasteiger partial charge in [0, 0.05) is 21.5 Å². The molecule has 3 nitrogen and oxygen atoms in total. The molecule has 25 heavy (non-hydrogen) atoms. The Morgan fingerprint density at radius 2 is 1.52 bits per heavy atom. The van der Waals surface area contributed by atoms with E-state index in [0.29, 0.717) is 5.92 Å². The molecule has 1 aliphatic heterocycles. The molecule has 0 spiro atoms. The lowest BCUT2D eigenvalue weighted by molar-refractivity contribution is -0.0406. The van der Waals surface area contributed by atoms with Gasteiger partial charge in [0.25, 0.3) is 0 Å². The molecular weight excluding hydrogens is 380 g/mol. The minimum Gasteiger partial charge on any atom is -0.496 e. The molecule has 4 rings (SSSR count). The van der Waals surface area contributed by atoms with Crippen molar-refractivity contribution in [1.29, 1.82) is 0 Å². The monoisotopic (exact) mass is 402 g/mol. The van der Waals surface area contributed by atoms with Crippen molar-refractivity contribution in [2.24, 2.45) is 0 Å². The van der Waals surface area contributed by atoms with Crippen LogP contribution < -0.4 is 9.47 Å². The van der Waals surface area contributed by atoms with Crippen molar-refractivity contribution in [3.05, 3.63) is 57.6 Å². The van der Waals surface area contributed by atoms with Gasteiger partial charge in [-0.2, -0.15) is 0 Å². The summed E-state index contributed by atoms with van der Waals surface area (Å²) in [4.78, 5) is 0. The van der Waals surface area contributed by atoms with Gasteiger partial charge in [0.05, 0.1) is 20.3 Å². The zero-order chi connectivity index (χ0) is 17.4. The summed E-state index contributed by atoms with van der Waals surface area (Å²) in [5.41, 5.74) is 3.57. The van der Waals surface area contributed by atoms with E-state index in [1.54, 1.807) is 14.2 Å². The average Bonchev–Trinajstić information content (AvgIpc) is 2.67. The van der Waals surface area contributed by atoms with E-state index < -0.39 is 0 Å². The van der Waals surface area contributed by atoms with Crippen LogP contribution in [0.3, 0.4) is 0 Å². The summed E-state index contributed by atoms with van der Waals surface area (Å²) >= 11 is 3.52. The molecule has 1 fully saturated rings. The number of methoxy groups -OCH3 is 2. The summed E-state index contributed by atoms with van der Waals surface area (Å²) in [6, 6.07) is 12.4. The molecule has 1 saturated carbocycles. The molecule has 0 aromatic heterocycles. The predicted molar refractivity (Wildman–Crippen MR) is 102 cm³/mol. The van der Waals surface area contributed by atoms with Crippen molar-refractivity contribution < 1.29 is 14.2 Å². The smallest absolute Gasteiger partial charge is 0.125 e. The molecule has 1 aliphatic carbocycles. The molecular formula is C21H23BrO3. The normalized spacial score (nSPS) is 25.0. The van der Waals surface area contributed by atoms with Crippen LogP contribution in [0.2, 0.25) is 0 Å². The van der Waals surface area contributed by atoms with Crippen LogP contribution in [-0.4, -0.2) is 20.3 Å². The lowest BCUT2D eigenvalue weighted by atomic mass is 9.75. The second-order valence-electron chi connectivity index (χ2n) is 6.79. The highest BCUT2D eigenvalue weighted by molar-refractivity contribution is 9.10. The fourth-order valence-electron chi connectivity index (χ4n) is 4.32. The number of rotatable bonds is 3. The SMILES string of the molecule is COc1ccc(OC)c2c1C(c1ccc(Br)cc1)OC1CCCCC21. The summed E-state index contributed by atoms with van der Waals surface area (Å²) in [5, 5.41) is 0. The molecule has 3 atom stereocenters. The minimum atomic E-state index is -0.118. The zero-order valence-corrected chi connectivity index (χ0v) is 16.2. The number of ether oxygens (including phenoxy) is 3. The van der Waals surface area contributed by atoms with Gasteiger partial charge in [0.2, 0.25) is 0 Å². The van der Waals surface area contributed by atoms with Crippen LogP contribution in [0.5, 0.6) is 11.5 Å². The van der Waals surface area contributed by atoms with E-state index in [9.17, 15) is 0 Å². The second-order valence-corrected chi connectivity index (χ2v) is 7.71. The Kier molecular flexibility index (Phi) is 4.74. The Bertz CT molecular complexity index is 756. The number of hydrogen-bond acceptors (Lipinski definition) is 3. The second kappa shape index (κ2) is 7.00. The lowest BCUT2D eigenvalue weighted by Crippen LogP contribution is -2.34. The van der Waals surface area contributed by atoms with Crippen molar-refractivity contribution in [1.82, 2.24) is 0 Å². The van der Waals surface area contributed by atoms with Crippen LogP contribution in [0, 0.1) is 0 Å². The highest BCUT2D eigenvalue weighted by Gasteiger charge is 2.41. The van der Waals surface area contributed by atoms with Crippen LogP contribution in [0.15, 0.2) is 40.9 Å². The first kappa shape index (κ1) is 16.9. The quantitative estimate of drug-likeness (QED) is 0.667. The standard InChI is InChI=1S/C21H23BrO3/c1-23-17-11-12-18(24-2)20-19(17)15-5-3-4-6-16(15)25-21(20)13-7-9-14(22)10-8-13/h7-12,15-16,21H,3-6H2,1-2H3. The average molecular weight is 403 g/mol. The van der Waals surface area contributed by atoms with E-state index in [1.165, 1.54) is 18.4 Å². The highest BCUT2D eigenvalue weighted by Crippen LogP contribution is 2.52. The summed E-state index contributed by atoms with van der Waals surface area (Å²) in [6.45, 7) is 0. The van der Waals surface area contributed by atoms with Crippen LogP contribution in [0.1, 0.15) is 54.4 Å². The zero-order valence-electron chi connectivity index (χ0n) is 14.6. The number of halogens is 1. The maximum absolute atomic E-state index is 6.63. The third-order valence-electron chi connectivity index (χ3n) is 5.47. The van der Waals surface area contributed by atoms with Gasteiger partial charge < -0.3 is 14.2 Å². The van der Waals surface area contributed by atoms with Gasteiger partial charge in [0.15, 0.2) is 0 Å². The van der Waals surface area contributed by atoms with E-state index >= 15 is 0 Å². The Labute approximate surface area is 157 Å². The van der Waals surface area contributed by atoms with Crippen molar-refractivity contribution in [2.45, 2.75) is 43.8 Å². The van der Waals surface area contributed by atoms with E-state index in [-0.39, 0.29) is 12.2 Å². The highest BCUT2D eigenvalue weighted by atomic mass is 79.9. The summed E-state index contributed by atoms with van der Waals surface area (Å²) in [5.74, 6) is 2.23. The molecule has 3 unspecified atom stereocenters. The van der Waals surface area contributed by atoms with E-state index in [1.807, 2.05) is 12.1 Å². The van der Waals surface area contributed by atoms with Crippen LogP contribution in [0.25, 0.3) is 0 Å². The van der Waals surface area contributed by atoms with Gasteiger partial charge in [-0.3, -0.25) is 0 Å². The first-order valence-electron chi connectivity index (χ1n) is 8.88. The topological polar surface area (TPSA) is 27.7 Å². The molecule has 1 heterocycles. The summed E-state index contributed by atoms with van der Waals surface area (Å²) in [7, 11) is 3.48. The van der Waals surface area contributed by atoms with Crippen LogP contribution in [-0.2, 0) is 4.74 Å². The predicted octanol–water partition coefficient (Wildman–Crippen LogP) is 5.61. The van der Waals surface area contributed by atoms with Crippen LogP contribution >= 0.6 is 15.9 Å².